The Morgan fingerprint density at radius 2 is 1.77 bits per heavy atom. The number of anilines is 1. The molecule has 0 spiro atoms. The SMILES string of the molecule is NC(=O)c1ccccc1NC(=O)COc1ccc(C=O)cc1. The summed E-state index contributed by atoms with van der Waals surface area (Å²) in [6.07, 6.45) is 0.719. The summed E-state index contributed by atoms with van der Waals surface area (Å²) in [4.78, 5) is 33.6. The molecule has 0 radical (unpaired) electrons. The highest BCUT2D eigenvalue weighted by Gasteiger charge is 2.10. The number of benzene rings is 2. The molecule has 2 aromatic rings. The highest BCUT2D eigenvalue weighted by atomic mass is 16.5. The smallest absolute Gasteiger partial charge is 0.262 e. The molecule has 112 valence electrons. The quantitative estimate of drug-likeness (QED) is 0.791. The van der Waals surface area contributed by atoms with Crippen LogP contribution in [0.1, 0.15) is 20.7 Å². The number of carbonyl (C=O) groups is 3. The van der Waals surface area contributed by atoms with Crippen LogP contribution in [0.4, 0.5) is 5.69 Å². The summed E-state index contributed by atoms with van der Waals surface area (Å²) in [5.74, 6) is -0.585. The van der Waals surface area contributed by atoms with E-state index in [2.05, 4.69) is 5.32 Å². The normalized spacial score (nSPS) is 9.82. The maximum atomic E-state index is 11.8. The maximum Gasteiger partial charge on any atom is 0.262 e. The van der Waals surface area contributed by atoms with Gasteiger partial charge in [0.2, 0.25) is 0 Å². The van der Waals surface area contributed by atoms with Crippen LogP contribution in [-0.2, 0) is 4.79 Å². The lowest BCUT2D eigenvalue weighted by Crippen LogP contribution is -2.22. The van der Waals surface area contributed by atoms with Crippen molar-refractivity contribution in [2.24, 2.45) is 5.73 Å². The van der Waals surface area contributed by atoms with Gasteiger partial charge in [0.05, 0.1) is 11.3 Å². The Bertz CT molecular complexity index is 696. The number of rotatable bonds is 6. The van der Waals surface area contributed by atoms with Crippen molar-refractivity contribution in [1.82, 2.24) is 0 Å². The topological polar surface area (TPSA) is 98.5 Å². The lowest BCUT2D eigenvalue weighted by molar-refractivity contribution is -0.118. The van der Waals surface area contributed by atoms with Gasteiger partial charge in [0.15, 0.2) is 6.61 Å². The molecule has 22 heavy (non-hydrogen) atoms. The van der Waals surface area contributed by atoms with E-state index >= 15 is 0 Å². The zero-order valence-corrected chi connectivity index (χ0v) is 11.6. The molecule has 2 amide bonds. The van der Waals surface area contributed by atoms with E-state index in [-0.39, 0.29) is 12.2 Å². The fraction of sp³-hybridized carbons (Fsp3) is 0.0625. The van der Waals surface area contributed by atoms with Crippen molar-refractivity contribution in [3.05, 3.63) is 59.7 Å². The van der Waals surface area contributed by atoms with Gasteiger partial charge in [-0.05, 0) is 36.4 Å². The number of nitrogens with two attached hydrogens (primary N) is 1. The van der Waals surface area contributed by atoms with Crippen LogP contribution in [0.5, 0.6) is 5.75 Å². The highest BCUT2D eigenvalue weighted by molar-refractivity contribution is 6.03. The summed E-state index contributed by atoms with van der Waals surface area (Å²) in [5.41, 5.74) is 6.31. The van der Waals surface area contributed by atoms with Crippen molar-refractivity contribution in [3.63, 3.8) is 0 Å². The van der Waals surface area contributed by atoms with Gasteiger partial charge in [-0.1, -0.05) is 12.1 Å². The molecule has 0 aliphatic heterocycles. The van der Waals surface area contributed by atoms with Crippen molar-refractivity contribution in [1.29, 1.82) is 0 Å². The molecule has 0 unspecified atom stereocenters. The molecule has 0 atom stereocenters. The Hall–Kier alpha value is -3.15. The molecule has 6 nitrogen and oxygen atoms in total. The molecule has 0 bridgehead atoms. The van der Waals surface area contributed by atoms with Gasteiger partial charge in [0.25, 0.3) is 11.8 Å². The first-order valence-electron chi connectivity index (χ1n) is 6.47. The Labute approximate surface area is 126 Å². The van der Waals surface area contributed by atoms with Crippen molar-refractivity contribution >= 4 is 23.8 Å². The first-order valence-corrected chi connectivity index (χ1v) is 6.47. The summed E-state index contributed by atoms with van der Waals surface area (Å²) in [7, 11) is 0. The lowest BCUT2D eigenvalue weighted by atomic mass is 10.1. The van der Waals surface area contributed by atoms with Crippen LogP contribution in [0.3, 0.4) is 0 Å². The standard InChI is InChI=1S/C16H14N2O4/c17-16(21)13-3-1-2-4-14(13)18-15(20)10-22-12-7-5-11(9-19)6-8-12/h1-9H,10H2,(H2,17,21)(H,18,20). The predicted octanol–water partition coefficient (Wildman–Crippen LogP) is 1.62. The minimum absolute atomic E-state index is 0.228. The van der Waals surface area contributed by atoms with Gasteiger partial charge in [0.1, 0.15) is 12.0 Å². The highest BCUT2D eigenvalue weighted by Crippen LogP contribution is 2.15. The number of para-hydroxylation sites is 1. The predicted molar refractivity (Wildman–Crippen MR) is 80.9 cm³/mol. The van der Waals surface area contributed by atoms with Crippen molar-refractivity contribution in [2.75, 3.05) is 11.9 Å². The Kier molecular flexibility index (Phi) is 4.87. The van der Waals surface area contributed by atoms with Crippen LogP contribution in [0.2, 0.25) is 0 Å². The van der Waals surface area contributed by atoms with Crippen molar-refractivity contribution < 1.29 is 19.1 Å². The molecule has 0 aliphatic rings. The van der Waals surface area contributed by atoms with E-state index < -0.39 is 11.8 Å². The number of hydrogen-bond acceptors (Lipinski definition) is 4. The molecule has 0 saturated heterocycles. The number of amides is 2. The van der Waals surface area contributed by atoms with Gasteiger partial charge in [-0.25, -0.2) is 0 Å². The van der Waals surface area contributed by atoms with E-state index in [4.69, 9.17) is 10.5 Å². The zero-order valence-electron chi connectivity index (χ0n) is 11.6. The van der Waals surface area contributed by atoms with Gasteiger partial charge in [-0.2, -0.15) is 0 Å². The van der Waals surface area contributed by atoms with E-state index in [1.165, 1.54) is 6.07 Å². The maximum absolute atomic E-state index is 11.8. The van der Waals surface area contributed by atoms with E-state index in [0.717, 1.165) is 6.29 Å². The van der Waals surface area contributed by atoms with Gasteiger partial charge >= 0.3 is 0 Å². The third kappa shape index (κ3) is 3.92. The Morgan fingerprint density at radius 1 is 1.09 bits per heavy atom. The van der Waals surface area contributed by atoms with Crippen LogP contribution in [0, 0.1) is 0 Å². The van der Waals surface area contributed by atoms with Crippen molar-refractivity contribution in [3.8, 4) is 5.75 Å². The lowest BCUT2D eigenvalue weighted by Gasteiger charge is -2.10. The first kappa shape index (κ1) is 15.2. The number of primary amides is 1. The minimum Gasteiger partial charge on any atom is -0.484 e. The fourth-order valence-corrected chi connectivity index (χ4v) is 1.78. The van der Waals surface area contributed by atoms with E-state index in [1.54, 1.807) is 42.5 Å². The summed E-state index contributed by atoms with van der Waals surface area (Å²) >= 11 is 0. The number of ether oxygens (including phenoxy) is 1. The molecule has 3 N–H and O–H groups in total. The van der Waals surface area contributed by atoms with Gasteiger partial charge in [0, 0.05) is 5.56 Å². The number of aldehydes is 1. The monoisotopic (exact) mass is 298 g/mol. The van der Waals surface area contributed by atoms with Crippen LogP contribution < -0.4 is 15.8 Å². The van der Waals surface area contributed by atoms with E-state index in [9.17, 15) is 14.4 Å². The molecule has 0 fully saturated rings. The Balaban J connectivity index is 1.95. The fourth-order valence-electron chi connectivity index (χ4n) is 1.78. The number of nitrogens with one attached hydrogen (secondary N) is 1. The average Bonchev–Trinajstić information content (AvgIpc) is 2.53. The summed E-state index contributed by atoms with van der Waals surface area (Å²) in [6, 6.07) is 12.8. The van der Waals surface area contributed by atoms with Crippen LogP contribution in [0.15, 0.2) is 48.5 Å². The summed E-state index contributed by atoms with van der Waals surface area (Å²) in [6.45, 7) is -0.229. The summed E-state index contributed by atoms with van der Waals surface area (Å²) in [5, 5.41) is 2.56. The first-order chi connectivity index (χ1) is 10.6. The molecule has 6 heteroatoms. The Morgan fingerprint density at radius 3 is 2.41 bits per heavy atom. The molecule has 0 heterocycles. The van der Waals surface area contributed by atoms with Crippen molar-refractivity contribution in [2.45, 2.75) is 0 Å². The van der Waals surface area contributed by atoms with Gasteiger partial charge in [-0.3, -0.25) is 14.4 Å². The molecule has 2 aromatic carbocycles. The summed E-state index contributed by atoms with van der Waals surface area (Å²) < 4.78 is 5.30. The van der Waals surface area contributed by atoms with Gasteiger partial charge in [-0.15, -0.1) is 0 Å². The molecule has 0 saturated carbocycles. The molecule has 2 rings (SSSR count). The van der Waals surface area contributed by atoms with Gasteiger partial charge < -0.3 is 15.8 Å². The van der Waals surface area contributed by atoms with Crippen LogP contribution in [0.25, 0.3) is 0 Å². The second-order valence-corrected chi connectivity index (χ2v) is 4.43. The van der Waals surface area contributed by atoms with E-state index in [1.807, 2.05) is 0 Å². The van der Waals surface area contributed by atoms with Crippen LogP contribution >= 0.6 is 0 Å². The third-order valence-electron chi connectivity index (χ3n) is 2.85. The number of carbonyl (C=O) groups excluding carboxylic acids is 3. The third-order valence-corrected chi connectivity index (χ3v) is 2.85. The zero-order chi connectivity index (χ0) is 15.9. The van der Waals surface area contributed by atoms with E-state index in [0.29, 0.717) is 17.0 Å². The minimum atomic E-state index is -0.624. The average molecular weight is 298 g/mol. The van der Waals surface area contributed by atoms with Crippen LogP contribution in [-0.4, -0.2) is 24.7 Å². The largest absolute Gasteiger partial charge is 0.484 e. The molecular formula is C16H14N2O4. The second kappa shape index (κ2) is 7.03. The molecule has 0 aliphatic carbocycles. The molecular weight excluding hydrogens is 284 g/mol. The molecule has 0 aromatic heterocycles. The second-order valence-electron chi connectivity index (χ2n) is 4.43. The number of hydrogen-bond donors (Lipinski definition) is 2.